The first kappa shape index (κ1) is 16.1. The van der Waals surface area contributed by atoms with E-state index in [1.807, 2.05) is 18.2 Å². The molecule has 6 heteroatoms. The molecular formula is C19H23N3O3. The zero-order valence-corrected chi connectivity index (χ0v) is 14.2. The van der Waals surface area contributed by atoms with Crippen molar-refractivity contribution in [3.05, 3.63) is 57.5 Å². The summed E-state index contributed by atoms with van der Waals surface area (Å²) >= 11 is 0. The number of nitrogens with one attached hydrogen (secondary N) is 3. The summed E-state index contributed by atoms with van der Waals surface area (Å²) in [6.45, 7) is 2.56. The Hall–Kier alpha value is -2.34. The summed E-state index contributed by atoms with van der Waals surface area (Å²) in [5, 5.41) is 8.45. The average Bonchev–Trinajstić information content (AvgIpc) is 3.18. The van der Waals surface area contributed by atoms with Crippen molar-refractivity contribution in [1.29, 1.82) is 0 Å². The van der Waals surface area contributed by atoms with Crippen LogP contribution in [0.5, 0.6) is 0 Å². The van der Waals surface area contributed by atoms with E-state index in [1.165, 1.54) is 5.56 Å². The van der Waals surface area contributed by atoms with Crippen LogP contribution in [-0.4, -0.2) is 34.9 Å². The highest BCUT2D eigenvalue weighted by molar-refractivity contribution is 5.79. The number of H-pyrrole nitrogens is 2. The molecule has 1 aliphatic carbocycles. The van der Waals surface area contributed by atoms with Gasteiger partial charge in [-0.1, -0.05) is 30.3 Å². The third kappa shape index (κ3) is 3.02. The first-order chi connectivity index (χ1) is 12.1. The van der Waals surface area contributed by atoms with Gasteiger partial charge in [-0.15, -0.1) is 0 Å². The number of aromatic amines is 2. The van der Waals surface area contributed by atoms with Crippen LogP contribution in [0.2, 0.25) is 0 Å². The Labute approximate surface area is 146 Å². The quantitative estimate of drug-likeness (QED) is 0.766. The van der Waals surface area contributed by atoms with Gasteiger partial charge in [-0.25, -0.2) is 0 Å². The lowest BCUT2D eigenvalue weighted by Crippen LogP contribution is -2.62. The Balaban J connectivity index is 1.44. The molecule has 0 unspecified atom stereocenters. The van der Waals surface area contributed by atoms with Crippen molar-refractivity contribution in [2.45, 2.75) is 38.3 Å². The molecule has 1 saturated carbocycles. The van der Waals surface area contributed by atoms with Crippen LogP contribution in [0.3, 0.4) is 0 Å². The van der Waals surface area contributed by atoms with Gasteiger partial charge in [-0.3, -0.25) is 14.7 Å². The predicted octanol–water partition coefficient (Wildman–Crippen LogP) is 1.32. The van der Waals surface area contributed by atoms with Gasteiger partial charge < -0.3 is 15.2 Å². The molecule has 2 aliphatic rings. The number of carbonyl (C=O) groups excluding carboxylic acids is 1. The Morgan fingerprint density at radius 1 is 1.28 bits per heavy atom. The molecule has 0 bridgehead atoms. The number of aromatic nitrogens is 2. The maximum Gasteiger partial charge on any atom is 0.267 e. The number of hydrogen-bond acceptors (Lipinski definition) is 3. The normalized spacial score (nSPS) is 27.6. The van der Waals surface area contributed by atoms with E-state index < -0.39 is 0 Å². The lowest BCUT2D eigenvalue weighted by atomic mass is 9.64. The fourth-order valence-electron chi connectivity index (χ4n) is 4.25. The Morgan fingerprint density at radius 3 is 2.80 bits per heavy atom. The number of benzene rings is 1. The molecule has 0 radical (unpaired) electrons. The summed E-state index contributed by atoms with van der Waals surface area (Å²) in [4.78, 5) is 24.2. The highest BCUT2D eigenvalue weighted by atomic mass is 16.5. The van der Waals surface area contributed by atoms with E-state index in [1.54, 1.807) is 6.92 Å². The topological polar surface area (TPSA) is 87.0 Å². The number of amides is 1. The van der Waals surface area contributed by atoms with Crippen molar-refractivity contribution in [3.8, 4) is 0 Å². The molecule has 2 fully saturated rings. The Bertz CT molecular complexity index is 811. The SMILES string of the molecule is Cc1[nH][nH]c(=O)c1CC(=O)N[C@@H]1[C@@H](Cc2ccccc2)[C@H]2OCC[C@@H]12. The lowest BCUT2D eigenvalue weighted by Gasteiger charge is -2.48. The predicted molar refractivity (Wildman–Crippen MR) is 93.3 cm³/mol. The van der Waals surface area contributed by atoms with Crippen LogP contribution in [0.25, 0.3) is 0 Å². The van der Waals surface area contributed by atoms with Crippen molar-refractivity contribution in [2.75, 3.05) is 6.61 Å². The highest BCUT2D eigenvalue weighted by Gasteiger charge is 2.53. The number of aryl methyl sites for hydroxylation is 1. The molecule has 6 nitrogen and oxygen atoms in total. The van der Waals surface area contributed by atoms with Crippen LogP contribution in [0.4, 0.5) is 0 Å². The monoisotopic (exact) mass is 341 g/mol. The van der Waals surface area contributed by atoms with Crippen LogP contribution in [0.1, 0.15) is 23.2 Å². The van der Waals surface area contributed by atoms with Gasteiger partial charge in [0.15, 0.2) is 0 Å². The second-order valence-electron chi connectivity index (χ2n) is 7.09. The zero-order valence-electron chi connectivity index (χ0n) is 14.2. The van der Waals surface area contributed by atoms with Crippen molar-refractivity contribution in [3.63, 3.8) is 0 Å². The van der Waals surface area contributed by atoms with Crippen molar-refractivity contribution < 1.29 is 9.53 Å². The second kappa shape index (κ2) is 6.52. The van der Waals surface area contributed by atoms with E-state index in [0.29, 0.717) is 17.4 Å². The third-order valence-corrected chi connectivity index (χ3v) is 5.60. The molecule has 4 rings (SSSR count). The van der Waals surface area contributed by atoms with Crippen LogP contribution in [0, 0.1) is 18.8 Å². The number of rotatable bonds is 5. The molecule has 0 spiro atoms. The van der Waals surface area contributed by atoms with E-state index in [2.05, 4.69) is 27.6 Å². The summed E-state index contributed by atoms with van der Waals surface area (Å²) in [5.74, 6) is 0.592. The molecule has 1 aromatic heterocycles. The fourth-order valence-corrected chi connectivity index (χ4v) is 4.25. The minimum atomic E-state index is -0.218. The minimum Gasteiger partial charge on any atom is -0.377 e. The Morgan fingerprint density at radius 2 is 2.08 bits per heavy atom. The zero-order chi connectivity index (χ0) is 17.4. The number of hydrogen-bond donors (Lipinski definition) is 3. The summed E-state index contributed by atoms with van der Waals surface area (Å²) in [6, 6.07) is 10.4. The molecule has 1 amide bonds. The maximum atomic E-state index is 12.5. The summed E-state index contributed by atoms with van der Waals surface area (Å²) in [7, 11) is 0. The van der Waals surface area contributed by atoms with Crippen LogP contribution < -0.4 is 10.9 Å². The van der Waals surface area contributed by atoms with E-state index in [9.17, 15) is 9.59 Å². The van der Waals surface area contributed by atoms with Crippen LogP contribution in [-0.2, 0) is 22.4 Å². The van der Waals surface area contributed by atoms with Crippen LogP contribution >= 0.6 is 0 Å². The smallest absolute Gasteiger partial charge is 0.267 e. The van der Waals surface area contributed by atoms with E-state index in [0.717, 1.165) is 25.1 Å². The largest absolute Gasteiger partial charge is 0.377 e. The van der Waals surface area contributed by atoms with E-state index >= 15 is 0 Å². The molecule has 1 aromatic carbocycles. The van der Waals surface area contributed by atoms with Gasteiger partial charge in [-0.05, 0) is 25.3 Å². The van der Waals surface area contributed by atoms with Gasteiger partial charge in [0.1, 0.15) is 0 Å². The van der Waals surface area contributed by atoms with Gasteiger partial charge in [0, 0.05) is 35.7 Å². The summed E-state index contributed by atoms with van der Waals surface area (Å²) in [6.07, 6.45) is 2.24. The Kier molecular flexibility index (Phi) is 4.21. The average molecular weight is 341 g/mol. The molecule has 1 aliphatic heterocycles. The van der Waals surface area contributed by atoms with Gasteiger partial charge in [-0.2, -0.15) is 0 Å². The molecule has 4 atom stereocenters. The summed E-state index contributed by atoms with van der Waals surface area (Å²) in [5.41, 5.74) is 2.27. The third-order valence-electron chi connectivity index (χ3n) is 5.60. The molecule has 2 heterocycles. The fraction of sp³-hybridized carbons (Fsp3) is 0.474. The number of ether oxygens (including phenoxy) is 1. The van der Waals surface area contributed by atoms with Gasteiger partial charge in [0.2, 0.25) is 5.91 Å². The van der Waals surface area contributed by atoms with Gasteiger partial charge in [0.05, 0.1) is 12.5 Å². The van der Waals surface area contributed by atoms with E-state index in [4.69, 9.17) is 4.74 Å². The molecule has 3 N–H and O–H groups in total. The van der Waals surface area contributed by atoms with Gasteiger partial charge >= 0.3 is 0 Å². The van der Waals surface area contributed by atoms with Crippen molar-refractivity contribution >= 4 is 5.91 Å². The van der Waals surface area contributed by atoms with E-state index in [-0.39, 0.29) is 30.0 Å². The number of fused-ring (bicyclic) bond motifs is 1. The first-order valence-corrected chi connectivity index (χ1v) is 8.84. The lowest BCUT2D eigenvalue weighted by molar-refractivity contribution is -0.126. The van der Waals surface area contributed by atoms with Gasteiger partial charge in [0.25, 0.3) is 5.56 Å². The molecular weight excluding hydrogens is 318 g/mol. The molecule has 25 heavy (non-hydrogen) atoms. The minimum absolute atomic E-state index is 0.0957. The van der Waals surface area contributed by atoms with Crippen molar-refractivity contribution in [1.82, 2.24) is 15.5 Å². The van der Waals surface area contributed by atoms with Crippen LogP contribution in [0.15, 0.2) is 35.1 Å². The highest BCUT2D eigenvalue weighted by Crippen LogP contribution is 2.45. The maximum absolute atomic E-state index is 12.5. The molecule has 2 aromatic rings. The second-order valence-corrected chi connectivity index (χ2v) is 7.09. The van der Waals surface area contributed by atoms with Crippen molar-refractivity contribution in [2.24, 2.45) is 11.8 Å². The number of carbonyl (C=O) groups is 1. The summed E-state index contributed by atoms with van der Waals surface area (Å²) < 4.78 is 5.88. The molecule has 1 saturated heterocycles. The first-order valence-electron chi connectivity index (χ1n) is 8.84. The molecule has 132 valence electrons. The standard InChI is InChI=1S/C19H23N3O3/c1-11-14(19(24)22-21-11)10-16(23)20-17-13-7-8-25-18(13)15(17)9-12-5-3-2-4-6-12/h2-6,13,15,17-18H,7-10H2,1H3,(H,20,23)(H2,21,22,24)/t13-,15+,17-,18-/m0/s1.